The molecule has 2 heterocycles. The highest BCUT2D eigenvalue weighted by molar-refractivity contribution is 5.70. The average molecular weight is 280 g/mol. The SMILES string of the molecule is CC(C)=CCO[C@@H]1[C@@H]2OCC[C@@H]2C[C@H]2CCC(=O)O[C@@H]21. The second kappa shape index (κ2) is 5.86. The number of carbonyl (C=O) groups excluding carboxylic acids is 1. The van der Waals surface area contributed by atoms with E-state index in [1.54, 1.807) is 0 Å². The van der Waals surface area contributed by atoms with Crippen molar-refractivity contribution >= 4 is 5.97 Å². The summed E-state index contributed by atoms with van der Waals surface area (Å²) in [5.41, 5.74) is 1.24. The van der Waals surface area contributed by atoms with Gasteiger partial charge in [0, 0.05) is 13.0 Å². The number of rotatable bonds is 3. The number of hydrogen-bond acceptors (Lipinski definition) is 4. The van der Waals surface area contributed by atoms with E-state index in [1.807, 2.05) is 0 Å². The molecule has 3 rings (SSSR count). The molecule has 3 aliphatic rings. The number of fused-ring (bicyclic) bond motifs is 2. The van der Waals surface area contributed by atoms with Crippen LogP contribution in [0.2, 0.25) is 0 Å². The molecular formula is C16H24O4. The Kier molecular flexibility index (Phi) is 4.13. The van der Waals surface area contributed by atoms with Crippen LogP contribution >= 0.6 is 0 Å². The van der Waals surface area contributed by atoms with Crippen LogP contribution in [0.3, 0.4) is 0 Å². The minimum Gasteiger partial charge on any atom is -0.459 e. The summed E-state index contributed by atoms with van der Waals surface area (Å²) in [6.45, 7) is 5.50. The first-order valence-electron chi connectivity index (χ1n) is 7.71. The zero-order valence-electron chi connectivity index (χ0n) is 12.3. The largest absolute Gasteiger partial charge is 0.459 e. The van der Waals surface area contributed by atoms with Crippen molar-refractivity contribution in [3.8, 4) is 0 Å². The van der Waals surface area contributed by atoms with Gasteiger partial charge in [-0.2, -0.15) is 0 Å². The maximum Gasteiger partial charge on any atom is 0.306 e. The monoisotopic (exact) mass is 280 g/mol. The standard InChI is InChI=1S/C16H24O4/c1-10(2)5-7-19-16-14-12(6-8-18-14)9-11-3-4-13(17)20-15(11)16/h5,11-12,14-16H,3-4,6-9H2,1-2H3/t11-,12-,14-,15+,16-/m1/s1. The van der Waals surface area contributed by atoms with Gasteiger partial charge < -0.3 is 14.2 Å². The van der Waals surface area contributed by atoms with E-state index < -0.39 is 0 Å². The van der Waals surface area contributed by atoms with Crippen LogP contribution in [-0.4, -0.2) is 37.5 Å². The fourth-order valence-corrected chi connectivity index (χ4v) is 3.72. The highest BCUT2D eigenvalue weighted by Gasteiger charge is 2.51. The highest BCUT2D eigenvalue weighted by Crippen LogP contribution is 2.43. The normalized spacial score (nSPS) is 39.7. The maximum atomic E-state index is 11.6. The van der Waals surface area contributed by atoms with E-state index in [2.05, 4.69) is 19.9 Å². The number of allylic oxidation sites excluding steroid dienone is 1. The zero-order chi connectivity index (χ0) is 14.1. The van der Waals surface area contributed by atoms with Gasteiger partial charge in [-0.15, -0.1) is 0 Å². The Balaban J connectivity index is 1.73. The summed E-state index contributed by atoms with van der Waals surface area (Å²) in [7, 11) is 0. The zero-order valence-corrected chi connectivity index (χ0v) is 12.3. The quantitative estimate of drug-likeness (QED) is 0.588. The fraction of sp³-hybridized carbons (Fsp3) is 0.812. The lowest BCUT2D eigenvalue weighted by Crippen LogP contribution is -2.54. The lowest BCUT2D eigenvalue weighted by molar-refractivity contribution is -0.196. The molecule has 0 spiro atoms. The molecule has 1 aliphatic carbocycles. The second-order valence-electron chi connectivity index (χ2n) is 6.45. The molecule has 0 unspecified atom stereocenters. The third-order valence-corrected chi connectivity index (χ3v) is 4.75. The topological polar surface area (TPSA) is 44.8 Å². The summed E-state index contributed by atoms with van der Waals surface area (Å²) in [5.74, 6) is 0.940. The van der Waals surface area contributed by atoms with Crippen molar-refractivity contribution in [1.29, 1.82) is 0 Å². The van der Waals surface area contributed by atoms with E-state index in [9.17, 15) is 4.79 Å². The van der Waals surface area contributed by atoms with Gasteiger partial charge in [-0.1, -0.05) is 11.6 Å². The first-order chi connectivity index (χ1) is 9.65. The summed E-state index contributed by atoms with van der Waals surface area (Å²) in [6.07, 6.45) is 5.69. The summed E-state index contributed by atoms with van der Waals surface area (Å²) in [4.78, 5) is 11.6. The molecule has 112 valence electrons. The third kappa shape index (κ3) is 2.77. The molecule has 20 heavy (non-hydrogen) atoms. The molecule has 4 heteroatoms. The van der Waals surface area contributed by atoms with Gasteiger partial charge in [0.05, 0.1) is 12.7 Å². The van der Waals surface area contributed by atoms with Crippen LogP contribution in [0.5, 0.6) is 0 Å². The Bertz CT molecular complexity index is 399. The molecular weight excluding hydrogens is 256 g/mol. The smallest absolute Gasteiger partial charge is 0.306 e. The summed E-state index contributed by atoms with van der Waals surface area (Å²) in [6, 6.07) is 0. The molecule has 0 amide bonds. The highest BCUT2D eigenvalue weighted by atomic mass is 16.6. The summed E-state index contributed by atoms with van der Waals surface area (Å²) < 4.78 is 17.5. The van der Waals surface area contributed by atoms with Gasteiger partial charge in [-0.3, -0.25) is 4.79 Å². The molecule has 0 aromatic rings. The molecule has 0 aromatic heterocycles. The van der Waals surface area contributed by atoms with Gasteiger partial charge >= 0.3 is 5.97 Å². The maximum absolute atomic E-state index is 11.6. The van der Waals surface area contributed by atoms with Crippen molar-refractivity contribution in [2.24, 2.45) is 11.8 Å². The van der Waals surface area contributed by atoms with Crippen LogP contribution in [-0.2, 0) is 19.0 Å². The molecule has 1 saturated carbocycles. The van der Waals surface area contributed by atoms with Crippen LogP contribution in [0.4, 0.5) is 0 Å². The first-order valence-corrected chi connectivity index (χ1v) is 7.71. The van der Waals surface area contributed by atoms with Crippen LogP contribution in [0, 0.1) is 11.8 Å². The molecule has 2 saturated heterocycles. The minimum atomic E-state index is -0.110. The number of hydrogen-bond donors (Lipinski definition) is 0. The van der Waals surface area contributed by atoms with Crippen molar-refractivity contribution in [2.45, 2.75) is 57.8 Å². The van der Waals surface area contributed by atoms with E-state index >= 15 is 0 Å². The number of carbonyl (C=O) groups is 1. The number of ether oxygens (including phenoxy) is 3. The predicted molar refractivity (Wildman–Crippen MR) is 74.2 cm³/mol. The molecule has 0 N–H and O–H groups in total. The van der Waals surface area contributed by atoms with Gasteiger partial charge in [-0.05, 0) is 44.9 Å². The Morgan fingerprint density at radius 1 is 1.30 bits per heavy atom. The Labute approximate surface area is 120 Å². The lowest BCUT2D eigenvalue weighted by atomic mass is 9.73. The van der Waals surface area contributed by atoms with E-state index in [4.69, 9.17) is 14.2 Å². The van der Waals surface area contributed by atoms with Gasteiger partial charge in [0.25, 0.3) is 0 Å². The Morgan fingerprint density at radius 3 is 2.90 bits per heavy atom. The van der Waals surface area contributed by atoms with Crippen molar-refractivity contribution in [3.05, 3.63) is 11.6 Å². The van der Waals surface area contributed by atoms with E-state index in [0.29, 0.717) is 24.9 Å². The van der Waals surface area contributed by atoms with E-state index in [-0.39, 0.29) is 24.3 Å². The Morgan fingerprint density at radius 2 is 2.10 bits per heavy atom. The van der Waals surface area contributed by atoms with Crippen LogP contribution in [0.25, 0.3) is 0 Å². The van der Waals surface area contributed by atoms with Gasteiger partial charge in [-0.25, -0.2) is 0 Å². The van der Waals surface area contributed by atoms with Gasteiger partial charge in [0.15, 0.2) is 0 Å². The molecule has 4 nitrogen and oxygen atoms in total. The summed E-state index contributed by atoms with van der Waals surface area (Å²) >= 11 is 0. The molecule has 3 fully saturated rings. The molecule has 0 radical (unpaired) electrons. The van der Waals surface area contributed by atoms with Crippen molar-refractivity contribution in [2.75, 3.05) is 13.2 Å². The van der Waals surface area contributed by atoms with E-state index in [1.165, 1.54) is 5.57 Å². The summed E-state index contributed by atoms with van der Waals surface area (Å²) in [5, 5.41) is 0. The van der Waals surface area contributed by atoms with Crippen molar-refractivity contribution in [1.82, 2.24) is 0 Å². The number of esters is 1. The Hall–Kier alpha value is -0.870. The van der Waals surface area contributed by atoms with Crippen molar-refractivity contribution in [3.63, 3.8) is 0 Å². The minimum absolute atomic E-state index is 0.0847. The van der Waals surface area contributed by atoms with E-state index in [0.717, 1.165) is 25.9 Å². The molecule has 0 bridgehead atoms. The first kappa shape index (κ1) is 14.1. The van der Waals surface area contributed by atoms with Crippen LogP contribution < -0.4 is 0 Å². The third-order valence-electron chi connectivity index (χ3n) is 4.75. The van der Waals surface area contributed by atoms with Gasteiger partial charge in [0.1, 0.15) is 12.2 Å². The van der Waals surface area contributed by atoms with Crippen molar-refractivity contribution < 1.29 is 19.0 Å². The molecule has 0 aromatic carbocycles. The second-order valence-corrected chi connectivity index (χ2v) is 6.45. The predicted octanol–water partition coefficient (Wildman–Crippen LogP) is 2.47. The van der Waals surface area contributed by atoms with Crippen LogP contribution in [0.15, 0.2) is 11.6 Å². The van der Waals surface area contributed by atoms with Crippen LogP contribution in [0.1, 0.15) is 39.5 Å². The van der Waals surface area contributed by atoms with Gasteiger partial charge in [0.2, 0.25) is 0 Å². The lowest BCUT2D eigenvalue weighted by Gasteiger charge is -2.45. The molecule has 5 atom stereocenters. The average Bonchev–Trinajstić information content (AvgIpc) is 2.86. The molecule has 2 aliphatic heterocycles. The fourth-order valence-electron chi connectivity index (χ4n) is 3.72.